The van der Waals surface area contributed by atoms with E-state index in [-0.39, 0.29) is 10.6 Å². The fourth-order valence-electron chi connectivity index (χ4n) is 2.96. The molecule has 0 unspecified atom stereocenters. The Morgan fingerprint density at radius 1 is 0.933 bits per heavy atom. The van der Waals surface area contributed by atoms with E-state index in [0.29, 0.717) is 11.6 Å². The Balaban J connectivity index is 1.89. The Morgan fingerprint density at radius 2 is 1.53 bits per heavy atom. The molecule has 1 N–H and O–H groups in total. The van der Waals surface area contributed by atoms with Gasteiger partial charge in [-0.05, 0) is 47.9 Å². The van der Waals surface area contributed by atoms with Gasteiger partial charge in [-0.25, -0.2) is 12.8 Å². The van der Waals surface area contributed by atoms with E-state index in [2.05, 4.69) is 19.2 Å². The van der Waals surface area contributed by atoms with Crippen molar-refractivity contribution in [3.05, 3.63) is 90.2 Å². The summed E-state index contributed by atoms with van der Waals surface area (Å²) in [5.41, 5.74) is 1.47. The van der Waals surface area contributed by atoms with E-state index in [1.54, 1.807) is 30.3 Å². The Labute approximate surface area is 176 Å². The van der Waals surface area contributed by atoms with Crippen LogP contribution in [0.1, 0.15) is 25.3 Å². The van der Waals surface area contributed by atoms with E-state index < -0.39 is 28.3 Å². The van der Waals surface area contributed by atoms with Crippen LogP contribution in [0.5, 0.6) is 0 Å². The van der Waals surface area contributed by atoms with Gasteiger partial charge < -0.3 is 5.32 Å². The van der Waals surface area contributed by atoms with Crippen LogP contribution in [-0.2, 0) is 14.8 Å². The van der Waals surface area contributed by atoms with Crippen molar-refractivity contribution in [3.8, 4) is 0 Å². The number of sulfonamides is 1. The van der Waals surface area contributed by atoms with Crippen LogP contribution < -0.4 is 9.62 Å². The van der Waals surface area contributed by atoms with Gasteiger partial charge in [-0.15, -0.1) is 0 Å². The van der Waals surface area contributed by atoms with Gasteiger partial charge in [-0.2, -0.15) is 0 Å². The molecule has 7 heteroatoms. The molecule has 0 saturated heterocycles. The van der Waals surface area contributed by atoms with Crippen LogP contribution in [0.3, 0.4) is 0 Å². The number of benzene rings is 3. The first-order valence-corrected chi connectivity index (χ1v) is 10.9. The number of carbonyl (C=O) groups excluding carboxylic acids is 1. The van der Waals surface area contributed by atoms with Crippen molar-refractivity contribution in [1.29, 1.82) is 0 Å². The van der Waals surface area contributed by atoms with Crippen molar-refractivity contribution in [3.63, 3.8) is 0 Å². The molecular formula is C23H23FN2O3S. The summed E-state index contributed by atoms with van der Waals surface area (Å²) >= 11 is 0. The van der Waals surface area contributed by atoms with E-state index in [4.69, 9.17) is 0 Å². The number of nitrogens with one attached hydrogen (secondary N) is 1. The number of nitrogens with zero attached hydrogens (tertiary/aromatic N) is 1. The second-order valence-electron chi connectivity index (χ2n) is 7.10. The van der Waals surface area contributed by atoms with E-state index in [0.717, 1.165) is 15.9 Å². The average Bonchev–Trinajstić information content (AvgIpc) is 2.73. The summed E-state index contributed by atoms with van der Waals surface area (Å²) in [4.78, 5) is 12.6. The number of amides is 1. The Hall–Kier alpha value is -3.19. The van der Waals surface area contributed by atoms with Crippen molar-refractivity contribution in [2.75, 3.05) is 16.2 Å². The predicted molar refractivity (Wildman–Crippen MR) is 117 cm³/mol. The molecule has 1 amide bonds. The molecule has 0 radical (unpaired) electrons. The van der Waals surface area contributed by atoms with Crippen LogP contribution in [-0.4, -0.2) is 20.9 Å². The second-order valence-corrected chi connectivity index (χ2v) is 8.96. The van der Waals surface area contributed by atoms with E-state index >= 15 is 0 Å². The number of rotatable bonds is 7. The SMILES string of the molecule is CC(C)c1ccc(NC(=O)CN(c2ccccc2F)S(=O)(=O)c2ccccc2)cc1. The van der Waals surface area contributed by atoms with Crippen LogP contribution in [0.2, 0.25) is 0 Å². The summed E-state index contributed by atoms with van der Waals surface area (Å²) in [5.74, 6) is -0.955. The molecule has 156 valence electrons. The van der Waals surface area contributed by atoms with Gasteiger partial charge in [0.25, 0.3) is 10.0 Å². The summed E-state index contributed by atoms with van der Waals surface area (Å²) in [7, 11) is -4.15. The van der Waals surface area contributed by atoms with Crippen molar-refractivity contribution >= 4 is 27.3 Å². The molecular weight excluding hydrogens is 403 g/mol. The van der Waals surface area contributed by atoms with E-state index in [9.17, 15) is 17.6 Å². The first-order chi connectivity index (χ1) is 14.3. The maximum Gasteiger partial charge on any atom is 0.264 e. The number of halogens is 1. The van der Waals surface area contributed by atoms with Gasteiger partial charge in [-0.1, -0.05) is 56.3 Å². The highest BCUT2D eigenvalue weighted by atomic mass is 32.2. The van der Waals surface area contributed by atoms with Gasteiger partial charge in [0, 0.05) is 5.69 Å². The molecule has 0 saturated carbocycles. The zero-order valence-corrected chi connectivity index (χ0v) is 17.6. The van der Waals surface area contributed by atoms with Gasteiger partial charge in [-0.3, -0.25) is 9.10 Å². The molecule has 0 aliphatic heterocycles. The van der Waals surface area contributed by atoms with Crippen LogP contribution in [0.15, 0.2) is 83.8 Å². The number of hydrogen-bond acceptors (Lipinski definition) is 3. The highest BCUT2D eigenvalue weighted by molar-refractivity contribution is 7.92. The fourth-order valence-corrected chi connectivity index (χ4v) is 4.41. The van der Waals surface area contributed by atoms with Crippen LogP contribution in [0.4, 0.5) is 15.8 Å². The molecule has 0 aromatic heterocycles. The molecule has 0 aliphatic carbocycles. The molecule has 3 rings (SSSR count). The third kappa shape index (κ3) is 4.86. The molecule has 0 spiro atoms. The second kappa shape index (κ2) is 9.09. The number of para-hydroxylation sites is 1. The lowest BCUT2D eigenvalue weighted by molar-refractivity contribution is -0.114. The Bertz CT molecular complexity index is 1110. The summed E-state index contributed by atoms with van der Waals surface area (Å²) in [6, 6.07) is 20.4. The standard InChI is InChI=1S/C23H23FN2O3S/c1-17(2)18-12-14-19(15-13-18)25-23(27)16-26(22-11-7-6-10-21(22)24)30(28,29)20-8-4-3-5-9-20/h3-15,17H,16H2,1-2H3,(H,25,27). The summed E-state index contributed by atoms with van der Waals surface area (Å²) in [5, 5.41) is 2.68. The van der Waals surface area contributed by atoms with Crippen molar-refractivity contribution in [2.45, 2.75) is 24.7 Å². The Kier molecular flexibility index (Phi) is 6.52. The zero-order valence-electron chi connectivity index (χ0n) is 16.7. The topological polar surface area (TPSA) is 66.5 Å². The first kappa shape index (κ1) is 21.5. The van der Waals surface area contributed by atoms with Crippen LogP contribution in [0, 0.1) is 5.82 Å². The molecule has 0 aliphatic rings. The summed E-state index contributed by atoms with van der Waals surface area (Å²) in [6.45, 7) is 3.56. The summed E-state index contributed by atoms with van der Waals surface area (Å²) in [6.07, 6.45) is 0. The van der Waals surface area contributed by atoms with Crippen LogP contribution in [0.25, 0.3) is 0 Å². The molecule has 30 heavy (non-hydrogen) atoms. The molecule has 0 fully saturated rings. The molecule has 5 nitrogen and oxygen atoms in total. The minimum atomic E-state index is -4.15. The lowest BCUT2D eigenvalue weighted by Gasteiger charge is -2.24. The minimum absolute atomic E-state index is 0.0256. The maximum atomic E-state index is 14.4. The lowest BCUT2D eigenvalue weighted by Crippen LogP contribution is -2.38. The van der Waals surface area contributed by atoms with Gasteiger partial charge in [0.05, 0.1) is 10.6 Å². The number of carbonyl (C=O) groups is 1. The van der Waals surface area contributed by atoms with Gasteiger partial charge in [0.1, 0.15) is 12.4 Å². The third-order valence-corrected chi connectivity index (χ3v) is 6.37. The fraction of sp³-hybridized carbons (Fsp3) is 0.174. The van der Waals surface area contributed by atoms with Crippen molar-refractivity contribution in [1.82, 2.24) is 0 Å². The molecule has 0 heterocycles. The zero-order chi connectivity index (χ0) is 21.7. The molecule has 3 aromatic carbocycles. The first-order valence-electron chi connectivity index (χ1n) is 9.51. The van der Waals surface area contributed by atoms with Crippen LogP contribution >= 0.6 is 0 Å². The summed E-state index contributed by atoms with van der Waals surface area (Å²) < 4.78 is 41.6. The minimum Gasteiger partial charge on any atom is -0.325 e. The van der Waals surface area contributed by atoms with Crippen molar-refractivity contribution < 1.29 is 17.6 Å². The molecule has 3 aromatic rings. The van der Waals surface area contributed by atoms with E-state index in [1.165, 1.54) is 30.3 Å². The molecule has 0 bridgehead atoms. The lowest BCUT2D eigenvalue weighted by atomic mass is 10.0. The monoisotopic (exact) mass is 426 g/mol. The van der Waals surface area contributed by atoms with Gasteiger partial charge in [0.2, 0.25) is 5.91 Å². The highest BCUT2D eigenvalue weighted by Gasteiger charge is 2.29. The number of anilines is 2. The number of hydrogen-bond donors (Lipinski definition) is 1. The quantitative estimate of drug-likeness (QED) is 0.591. The largest absolute Gasteiger partial charge is 0.325 e. The van der Waals surface area contributed by atoms with E-state index in [1.807, 2.05) is 12.1 Å². The normalized spacial score (nSPS) is 11.3. The third-order valence-electron chi connectivity index (χ3n) is 4.60. The van der Waals surface area contributed by atoms with Crippen molar-refractivity contribution in [2.24, 2.45) is 0 Å². The van der Waals surface area contributed by atoms with Gasteiger partial charge in [0.15, 0.2) is 0 Å². The average molecular weight is 427 g/mol. The van der Waals surface area contributed by atoms with Gasteiger partial charge >= 0.3 is 0 Å². The molecule has 0 atom stereocenters. The predicted octanol–water partition coefficient (Wildman–Crippen LogP) is 4.78. The smallest absolute Gasteiger partial charge is 0.264 e. The maximum absolute atomic E-state index is 14.4. The Morgan fingerprint density at radius 3 is 2.13 bits per heavy atom. The highest BCUT2D eigenvalue weighted by Crippen LogP contribution is 2.26.